The van der Waals surface area contributed by atoms with E-state index < -0.39 is 0 Å². The molecule has 2 heterocycles. The van der Waals surface area contributed by atoms with Crippen molar-refractivity contribution in [3.05, 3.63) is 0 Å². The van der Waals surface area contributed by atoms with Crippen LogP contribution in [0.25, 0.3) is 0 Å². The van der Waals surface area contributed by atoms with E-state index in [1.165, 1.54) is 50.0 Å². The highest BCUT2D eigenvalue weighted by Crippen LogP contribution is 2.31. The Balaban J connectivity index is 1.50. The molecule has 114 valence electrons. The fourth-order valence-corrected chi connectivity index (χ4v) is 4.60. The predicted molar refractivity (Wildman–Crippen MR) is 85.0 cm³/mol. The van der Waals surface area contributed by atoms with E-state index in [4.69, 9.17) is 0 Å². The minimum absolute atomic E-state index is 0.433. The molecule has 0 aromatic rings. The van der Waals surface area contributed by atoms with E-state index in [2.05, 4.69) is 10.2 Å². The molecule has 1 N–H and O–H groups in total. The molecule has 3 fully saturated rings. The lowest BCUT2D eigenvalue weighted by atomic mass is 9.98. The lowest BCUT2D eigenvalue weighted by Gasteiger charge is -2.29. The summed E-state index contributed by atoms with van der Waals surface area (Å²) in [6.07, 6.45) is 8.49. The van der Waals surface area contributed by atoms with Gasteiger partial charge in [0.2, 0.25) is 5.91 Å². The lowest BCUT2D eigenvalue weighted by Crippen LogP contribution is -2.42. The summed E-state index contributed by atoms with van der Waals surface area (Å²) < 4.78 is 0. The van der Waals surface area contributed by atoms with Crippen LogP contribution < -0.4 is 5.32 Å². The van der Waals surface area contributed by atoms with Gasteiger partial charge in [0.25, 0.3) is 0 Å². The van der Waals surface area contributed by atoms with Gasteiger partial charge in [0.05, 0.1) is 0 Å². The molecule has 3 aliphatic rings. The Bertz CT molecular complexity index is 320. The number of hydrogen-bond acceptors (Lipinski definition) is 3. The van der Waals surface area contributed by atoms with Gasteiger partial charge in [0, 0.05) is 25.6 Å². The summed E-state index contributed by atoms with van der Waals surface area (Å²) in [5.41, 5.74) is 0. The molecule has 20 heavy (non-hydrogen) atoms. The Morgan fingerprint density at radius 2 is 1.85 bits per heavy atom. The van der Waals surface area contributed by atoms with Crippen LogP contribution in [0.5, 0.6) is 0 Å². The summed E-state index contributed by atoms with van der Waals surface area (Å²) in [4.78, 5) is 14.9. The molecule has 0 radical (unpaired) electrons. The zero-order chi connectivity index (χ0) is 13.8. The van der Waals surface area contributed by atoms with Crippen molar-refractivity contribution in [1.29, 1.82) is 0 Å². The smallest absolute Gasteiger partial charge is 0.222 e. The first-order valence-corrected chi connectivity index (χ1v) is 9.55. The molecule has 2 aliphatic heterocycles. The van der Waals surface area contributed by atoms with Gasteiger partial charge in [-0.1, -0.05) is 0 Å². The zero-order valence-electron chi connectivity index (χ0n) is 12.5. The van der Waals surface area contributed by atoms with Gasteiger partial charge in [-0.15, -0.1) is 0 Å². The first-order valence-electron chi connectivity index (χ1n) is 8.40. The fraction of sp³-hybridized carbons (Fsp3) is 0.938. The molecular formula is C16H28N2OS. The summed E-state index contributed by atoms with van der Waals surface area (Å²) in [7, 11) is 0. The maximum Gasteiger partial charge on any atom is 0.222 e. The van der Waals surface area contributed by atoms with E-state index in [-0.39, 0.29) is 0 Å². The van der Waals surface area contributed by atoms with Crippen molar-refractivity contribution in [2.75, 3.05) is 31.1 Å². The Morgan fingerprint density at radius 1 is 1.05 bits per heavy atom. The molecule has 4 heteroatoms. The fourth-order valence-electron chi connectivity index (χ4n) is 3.40. The molecule has 1 saturated carbocycles. The van der Waals surface area contributed by atoms with Crippen LogP contribution in [-0.4, -0.2) is 48.0 Å². The molecular weight excluding hydrogens is 268 g/mol. The Kier molecular flexibility index (Phi) is 5.27. The number of carbonyl (C=O) groups excluding carboxylic acids is 1. The first kappa shape index (κ1) is 14.7. The van der Waals surface area contributed by atoms with Crippen LogP contribution in [-0.2, 0) is 4.79 Å². The summed E-state index contributed by atoms with van der Waals surface area (Å²) in [6, 6.07) is 0.555. The van der Waals surface area contributed by atoms with Crippen molar-refractivity contribution in [3.63, 3.8) is 0 Å². The molecule has 2 saturated heterocycles. The maximum absolute atomic E-state index is 12.7. The summed E-state index contributed by atoms with van der Waals surface area (Å²) in [5, 5.41) is 3.54. The topological polar surface area (TPSA) is 32.3 Å². The SMILES string of the molecule is O=C(CC1CCSCC1)N(CC1CC1)CC1CCCN1. The zero-order valence-corrected chi connectivity index (χ0v) is 13.3. The third kappa shape index (κ3) is 4.39. The third-order valence-corrected chi connectivity index (χ3v) is 5.98. The van der Waals surface area contributed by atoms with Gasteiger partial charge in [-0.25, -0.2) is 0 Å². The molecule has 0 aromatic carbocycles. The monoisotopic (exact) mass is 296 g/mol. The minimum atomic E-state index is 0.433. The van der Waals surface area contributed by atoms with Crippen LogP contribution in [0.1, 0.15) is 44.9 Å². The number of thioether (sulfide) groups is 1. The van der Waals surface area contributed by atoms with Crippen LogP contribution in [0.3, 0.4) is 0 Å². The molecule has 3 rings (SSSR count). The molecule has 1 unspecified atom stereocenters. The number of carbonyl (C=O) groups is 1. The number of amides is 1. The predicted octanol–water partition coefficient (Wildman–Crippen LogP) is 2.51. The number of nitrogens with zero attached hydrogens (tertiary/aromatic N) is 1. The van der Waals surface area contributed by atoms with E-state index in [1.807, 2.05) is 11.8 Å². The molecule has 1 atom stereocenters. The summed E-state index contributed by atoms with van der Waals surface area (Å²) in [6.45, 7) is 3.12. The molecule has 3 nitrogen and oxygen atoms in total. The highest BCUT2D eigenvalue weighted by atomic mass is 32.2. The number of rotatable bonds is 6. The quantitative estimate of drug-likeness (QED) is 0.817. The number of nitrogens with one attached hydrogen (secondary N) is 1. The highest BCUT2D eigenvalue weighted by molar-refractivity contribution is 7.99. The van der Waals surface area contributed by atoms with Gasteiger partial charge in [-0.05, 0) is 68.4 Å². The third-order valence-electron chi connectivity index (χ3n) is 4.94. The van der Waals surface area contributed by atoms with Crippen LogP contribution in [0.2, 0.25) is 0 Å². The summed E-state index contributed by atoms with van der Waals surface area (Å²) >= 11 is 2.05. The second-order valence-electron chi connectivity index (χ2n) is 6.80. The standard InChI is InChI=1S/C16H28N2OS/c19-16(10-13-5-8-20-9-6-13)18(11-14-3-4-14)12-15-2-1-7-17-15/h13-15,17H,1-12H2. The van der Waals surface area contributed by atoms with Gasteiger partial charge >= 0.3 is 0 Å². The largest absolute Gasteiger partial charge is 0.341 e. The van der Waals surface area contributed by atoms with Crippen LogP contribution in [0.4, 0.5) is 0 Å². The normalized spacial score (nSPS) is 27.7. The molecule has 1 amide bonds. The first-order chi connectivity index (χ1) is 9.81. The molecule has 0 aromatic heterocycles. The van der Waals surface area contributed by atoms with Crippen molar-refractivity contribution in [2.24, 2.45) is 11.8 Å². The number of hydrogen-bond donors (Lipinski definition) is 1. The average Bonchev–Trinajstić information content (AvgIpc) is 3.13. The van der Waals surface area contributed by atoms with Crippen molar-refractivity contribution in [1.82, 2.24) is 10.2 Å². The van der Waals surface area contributed by atoms with Crippen LogP contribution in [0, 0.1) is 11.8 Å². The minimum Gasteiger partial charge on any atom is -0.341 e. The van der Waals surface area contributed by atoms with Crippen molar-refractivity contribution in [3.8, 4) is 0 Å². The lowest BCUT2D eigenvalue weighted by molar-refractivity contribution is -0.132. The average molecular weight is 296 g/mol. The maximum atomic E-state index is 12.7. The molecule has 1 aliphatic carbocycles. The second-order valence-corrected chi connectivity index (χ2v) is 8.02. The Labute approximate surface area is 127 Å². The van der Waals surface area contributed by atoms with Gasteiger partial charge in [-0.3, -0.25) is 4.79 Å². The van der Waals surface area contributed by atoms with Gasteiger partial charge < -0.3 is 10.2 Å². The van der Waals surface area contributed by atoms with E-state index in [1.54, 1.807) is 0 Å². The van der Waals surface area contributed by atoms with Crippen molar-refractivity contribution in [2.45, 2.75) is 51.0 Å². The van der Waals surface area contributed by atoms with Gasteiger partial charge in [0.15, 0.2) is 0 Å². The van der Waals surface area contributed by atoms with Crippen LogP contribution >= 0.6 is 11.8 Å². The molecule has 0 spiro atoms. The van der Waals surface area contributed by atoms with Crippen LogP contribution in [0.15, 0.2) is 0 Å². The van der Waals surface area contributed by atoms with E-state index >= 15 is 0 Å². The van der Waals surface area contributed by atoms with Gasteiger partial charge in [0.1, 0.15) is 0 Å². The van der Waals surface area contributed by atoms with Crippen molar-refractivity contribution < 1.29 is 4.79 Å². The van der Waals surface area contributed by atoms with E-state index in [9.17, 15) is 4.79 Å². The van der Waals surface area contributed by atoms with Crippen molar-refractivity contribution >= 4 is 17.7 Å². The Morgan fingerprint density at radius 3 is 2.50 bits per heavy atom. The van der Waals surface area contributed by atoms with E-state index in [0.717, 1.165) is 32.0 Å². The van der Waals surface area contributed by atoms with E-state index in [0.29, 0.717) is 17.9 Å². The molecule has 0 bridgehead atoms. The highest BCUT2D eigenvalue weighted by Gasteiger charge is 2.30. The summed E-state index contributed by atoms with van der Waals surface area (Å²) in [5.74, 6) is 4.40. The van der Waals surface area contributed by atoms with Gasteiger partial charge in [-0.2, -0.15) is 11.8 Å². The Hall–Kier alpha value is -0.220. The second kappa shape index (κ2) is 7.17.